The third-order valence-electron chi connectivity index (χ3n) is 3.54. The van der Waals surface area contributed by atoms with E-state index in [0.29, 0.717) is 23.4 Å². The van der Waals surface area contributed by atoms with E-state index in [-0.39, 0.29) is 0 Å². The van der Waals surface area contributed by atoms with Crippen LogP contribution in [-0.4, -0.2) is 24.9 Å². The molecule has 8 heteroatoms. The third kappa shape index (κ3) is 2.68. The summed E-state index contributed by atoms with van der Waals surface area (Å²) in [6.07, 6.45) is 2.47. The number of aromatic nitrogens is 5. The highest BCUT2D eigenvalue weighted by Gasteiger charge is 2.30. The molecule has 0 atom stereocenters. The molecule has 0 N–H and O–H groups in total. The quantitative estimate of drug-likeness (QED) is 0.642. The molecule has 0 aliphatic heterocycles. The van der Waals surface area contributed by atoms with Gasteiger partial charge in [-0.1, -0.05) is 23.0 Å². The van der Waals surface area contributed by atoms with Crippen LogP contribution in [0.5, 0.6) is 0 Å². The monoisotopic (exact) mass is 333 g/mol. The smallest absolute Gasteiger partial charge is 0.237 e. The highest BCUT2D eigenvalue weighted by molar-refractivity contribution is 7.98. The second kappa shape index (κ2) is 5.85. The lowest BCUT2D eigenvalue weighted by Crippen LogP contribution is -2.02. The van der Waals surface area contributed by atoms with Crippen molar-refractivity contribution in [2.24, 2.45) is 0 Å². The van der Waals surface area contributed by atoms with Gasteiger partial charge in [0.1, 0.15) is 5.82 Å². The maximum absolute atomic E-state index is 5.32. The summed E-state index contributed by atoms with van der Waals surface area (Å²) in [6, 6.07) is 3.97. The van der Waals surface area contributed by atoms with E-state index in [9.17, 15) is 0 Å². The van der Waals surface area contributed by atoms with Crippen molar-refractivity contribution in [3.05, 3.63) is 29.2 Å². The van der Waals surface area contributed by atoms with Crippen LogP contribution in [0.15, 0.2) is 27.2 Å². The normalized spacial score (nSPS) is 14.6. The molecule has 0 aromatic carbocycles. The number of nitrogens with zero attached hydrogens (tertiary/aromatic N) is 5. The topological polar surface area (TPSA) is 69.6 Å². The minimum Gasteiger partial charge on any atom is -0.338 e. The standard InChI is InChI=1S/C14H15N5OS2/c1-2-19-13(9-5-6-9)16-17-14(19)22-8-11-15-12(18-20-11)10-4-3-7-21-10/h3-4,7,9H,2,5-6,8H2,1H3. The van der Waals surface area contributed by atoms with E-state index in [2.05, 4.69) is 31.8 Å². The van der Waals surface area contributed by atoms with E-state index in [1.54, 1.807) is 23.1 Å². The van der Waals surface area contributed by atoms with Crippen molar-refractivity contribution in [2.45, 2.75) is 43.1 Å². The van der Waals surface area contributed by atoms with Crippen molar-refractivity contribution >= 4 is 23.1 Å². The molecule has 1 fully saturated rings. The van der Waals surface area contributed by atoms with E-state index in [0.717, 1.165) is 22.4 Å². The zero-order valence-corrected chi connectivity index (χ0v) is 13.7. The highest BCUT2D eigenvalue weighted by Crippen LogP contribution is 2.40. The molecule has 0 bridgehead atoms. The van der Waals surface area contributed by atoms with E-state index in [4.69, 9.17) is 4.52 Å². The van der Waals surface area contributed by atoms with Crippen LogP contribution < -0.4 is 0 Å². The van der Waals surface area contributed by atoms with E-state index >= 15 is 0 Å². The van der Waals surface area contributed by atoms with Crippen molar-refractivity contribution in [1.82, 2.24) is 24.9 Å². The Hall–Kier alpha value is -1.67. The van der Waals surface area contributed by atoms with Gasteiger partial charge in [-0.15, -0.1) is 21.5 Å². The van der Waals surface area contributed by atoms with Crippen LogP contribution in [0.1, 0.15) is 37.4 Å². The molecule has 3 heterocycles. The molecular formula is C14H15N5OS2. The largest absolute Gasteiger partial charge is 0.338 e. The maximum Gasteiger partial charge on any atom is 0.237 e. The van der Waals surface area contributed by atoms with Gasteiger partial charge in [0.05, 0.1) is 10.6 Å². The van der Waals surface area contributed by atoms with Crippen LogP contribution in [0, 0.1) is 0 Å². The minimum atomic E-state index is 0.607. The molecule has 1 aliphatic carbocycles. The molecule has 22 heavy (non-hydrogen) atoms. The van der Waals surface area contributed by atoms with Gasteiger partial charge in [-0.2, -0.15) is 4.98 Å². The van der Waals surface area contributed by atoms with Gasteiger partial charge in [0.2, 0.25) is 11.7 Å². The van der Waals surface area contributed by atoms with Crippen molar-refractivity contribution < 1.29 is 4.52 Å². The summed E-state index contributed by atoms with van der Waals surface area (Å²) in [5.74, 6) is 3.61. The Morgan fingerprint density at radius 3 is 3.05 bits per heavy atom. The molecular weight excluding hydrogens is 318 g/mol. The number of thioether (sulfide) groups is 1. The number of hydrogen-bond donors (Lipinski definition) is 0. The lowest BCUT2D eigenvalue weighted by Gasteiger charge is -2.04. The SMILES string of the molecule is CCn1c(SCc2nc(-c3cccs3)no2)nnc1C1CC1. The maximum atomic E-state index is 5.32. The molecule has 1 saturated carbocycles. The first-order valence-electron chi connectivity index (χ1n) is 7.27. The summed E-state index contributed by atoms with van der Waals surface area (Å²) in [4.78, 5) is 5.45. The second-order valence-corrected chi connectivity index (χ2v) is 7.03. The Morgan fingerprint density at radius 1 is 1.41 bits per heavy atom. The molecule has 0 amide bonds. The van der Waals surface area contributed by atoms with Crippen molar-refractivity contribution in [1.29, 1.82) is 0 Å². The minimum absolute atomic E-state index is 0.607. The molecule has 1 aliphatic rings. The van der Waals surface area contributed by atoms with Gasteiger partial charge in [-0.05, 0) is 31.2 Å². The number of thiophene rings is 1. The van der Waals surface area contributed by atoms with Gasteiger partial charge in [0.25, 0.3) is 0 Å². The van der Waals surface area contributed by atoms with Crippen molar-refractivity contribution in [3.63, 3.8) is 0 Å². The summed E-state index contributed by atoms with van der Waals surface area (Å²) >= 11 is 3.20. The molecule has 0 spiro atoms. The summed E-state index contributed by atoms with van der Waals surface area (Å²) in [7, 11) is 0. The summed E-state index contributed by atoms with van der Waals surface area (Å²) in [5.41, 5.74) is 0. The van der Waals surface area contributed by atoms with Gasteiger partial charge in [-0.25, -0.2) is 0 Å². The first-order chi connectivity index (χ1) is 10.8. The van der Waals surface area contributed by atoms with E-state index < -0.39 is 0 Å². The molecule has 0 radical (unpaired) electrons. The van der Waals surface area contributed by atoms with Crippen LogP contribution in [0.2, 0.25) is 0 Å². The Labute approximate surface area is 136 Å². The summed E-state index contributed by atoms with van der Waals surface area (Å²) in [5, 5.41) is 15.6. The van der Waals surface area contributed by atoms with Crippen LogP contribution >= 0.6 is 23.1 Å². The summed E-state index contributed by atoms with van der Waals surface area (Å²) in [6.45, 7) is 3.02. The Bertz CT molecular complexity index is 760. The first-order valence-corrected chi connectivity index (χ1v) is 9.14. The highest BCUT2D eigenvalue weighted by atomic mass is 32.2. The molecule has 0 unspecified atom stereocenters. The lowest BCUT2D eigenvalue weighted by atomic mass is 10.4. The zero-order chi connectivity index (χ0) is 14.9. The zero-order valence-electron chi connectivity index (χ0n) is 12.1. The fourth-order valence-electron chi connectivity index (χ4n) is 2.29. The summed E-state index contributed by atoms with van der Waals surface area (Å²) < 4.78 is 7.51. The number of hydrogen-bond acceptors (Lipinski definition) is 7. The van der Waals surface area contributed by atoms with Gasteiger partial charge in [-0.3, -0.25) is 0 Å². The molecule has 4 rings (SSSR count). The lowest BCUT2D eigenvalue weighted by molar-refractivity contribution is 0.391. The fourth-order valence-corrected chi connectivity index (χ4v) is 3.79. The van der Waals surface area contributed by atoms with Gasteiger partial charge < -0.3 is 9.09 Å². The Morgan fingerprint density at radius 2 is 2.32 bits per heavy atom. The molecule has 0 saturated heterocycles. The predicted molar refractivity (Wildman–Crippen MR) is 84.8 cm³/mol. The van der Waals surface area contributed by atoms with Crippen molar-refractivity contribution in [2.75, 3.05) is 0 Å². The molecule has 3 aromatic rings. The van der Waals surface area contributed by atoms with Crippen LogP contribution in [-0.2, 0) is 12.3 Å². The average Bonchev–Trinajstić information content (AvgIpc) is 3.00. The first kappa shape index (κ1) is 14.0. The van der Waals surface area contributed by atoms with Gasteiger partial charge in [0.15, 0.2) is 5.16 Å². The van der Waals surface area contributed by atoms with Gasteiger partial charge in [0, 0.05) is 12.5 Å². The Balaban J connectivity index is 1.46. The average molecular weight is 333 g/mol. The van der Waals surface area contributed by atoms with E-state index in [1.165, 1.54) is 12.8 Å². The Kier molecular flexibility index (Phi) is 3.71. The predicted octanol–water partition coefficient (Wildman–Crippen LogP) is 3.58. The van der Waals surface area contributed by atoms with Crippen LogP contribution in [0.3, 0.4) is 0 Å². The number of rotatable bonds is 6. The third-order valence-corrected chi connectivity index (χ3v) is 5.36. The van der Waals surface area contributed by atoms with Crippen LogP contribution in [0.4, 0.5) is 0 Å². The molecule has 114 valence electrons. The molecule has 6 nitrogen and oxygen atoms in total. The fraction of sp³-hybridized carbons (Fsp3) is 0.429. The van der Waals surface area contributed by atoms with Crippen molar-refractivity contribution in [3.8, 4) is 10.7 Å². The van der Waals surface area contributed by atoms with Crippen LogP contribution in [0.25, 0.3) is 10.7 Å². The second-order valence-electron chi connectivity index (χ2n) is 5.14. The van der Waals surface area contributed by atoms with E-state index in [1.807, 2.05) is 17.5 Å². The molecule has 3 aromatic heterocycles. The van der Waals surface area contributed by atoms with Gasteiger partial charge >= 0.3 is 0 Å².